The van der Waals surface area contributed by atoms with Gasteiger partial charge in [0.05, 0.1) is 12.2 Å². The van der Waals surface area contributed by atoms with E-state index in [0.29, 0.717) is 17.7 Å². The molecule has 2 N–H and O–H groups in total. The molecular weight excluding hydrogens is 362 g/mol. The van der Waals surface area contributed by atoms with Crippen molar-refractivity contribution in [1.29, 1.82) is 0 Å². The summed E-state index contributed by atoms with van der Waals surface area (Å²) in [6.45, 7) is 6.68. The van der Waals surface area contributed by atoms with Crippen LogP contribution in [-0.4, -0.2) is 16.8 Å². The Morgan fingerprint density at radius 1 is 0.828 bits per heavy atom. The Labute approximate surface area is 171 Å². The van der Waals surface area contributed by atoms with E-state index in [4.69, 9.17) is 0 Å². The van der Waals surface area contributed by atoms with Gasteiger partial charge in [0, 0.05) is 23.0 Å². The van der Waals surface area contributed by atoms with E-state index in [0.717, 1.165) is 16.9 Å². The number of aromatic nitrogens is 1. The second kappa shape index (κ2) is 8.69. The SMILES string of the molecule is CC(C)(C)c1ccccc1NC(=O)c1ccc(C(=O)NCc2ccccn2)cc1. The van der Waals surface area contributed by atoms with E-state index in [1.54, 1.807) is 30.5 Å². The fourth-order valence-corrected chi connectivity index (χ4v) is 2.99. The molecule has 5 heteroatoms. The van der Waals surface area contributed by atoms with Crippen LogP contribution in [0.5, 0.6) is 0 Å². The second-order valence-corrected chi connectivity index (χ2v) is 7.83. The Bertz CT molecular complexity index is 991. The lowest BCUT2D eigenvalue weighted by molar-refractivity contribution is 0.0948. The maximum atomic E-state index is 12.7. The smallest absolute Gasteiger partial charge is 0.255 e. The highest BCUT2D eigenvalue weighted by molar-refractivity contribution is 6.05. The fraction of sp³-hybridized carbons (Fsp3) is 0.208. The normalized spacial score (nSPS) is 11.0. The van der Waals surface area contributed by atoms with Crippen molar-refractivity contribution in [2.24, 2.45) is 0 Å². The lowest BCUT2D eigenvalue weighted by Crippen LogP contribution is -2.23. The van der Waals surface area contributed by atoms with Crippen molar-refractivity contribution >= 4 is 17.5 Å². The Morgan fingerprint density at radius 3 is 2.07 bits per heavy atom. The molecule has 3 rings (SSSR count). The zero-order valence-corrected chi connectivity index (χ0v) is 16.9. The topological polar surface area (TPSA) is 71.1 Å². The van der Waals surface area contributed by atoms with Crippen molar-refractivity contribution in [2.75, 3.05) is 5.32 Å². The summed E-state index contributed by atoms with van der Waals surface area (Å²) in [7, 11) is 0. The lowest BCUT2D eigenvalue weighted by Gasteiger charge is -2.23. The molecule has 148 valence electrons. The Kier molecular flexibility index (Phi) is 6.07. The molecule has 0 aliphatic heterocycles. The Hall–Kier alpha value is -3.47. The van der Waals surface area contributed by atoms with E-state index in [2.05, 4.69) is 36.4 Å². The van der Waals surface area contributed by atoms with Crippen LogP contribution < -0.4 is 10.6 Å². The Morgan fingerprint density at radius 2 is 1.45 bits per heavy atom. The van der Waals surface area contributed by atoms with Crippen LogP contribution in [0.1, 0.15) is 52.7 Å². The second-order valence-electron chi connectivity index (χ2n) is 7.83. The predicted octanol–water partition coefficient (Wildman–Crippen LogP) is 4.56. The number of hydrogen-bond acceptors (Lipinski definition) is 3. The van der Waals surface area contributed by atoms with Crippen LogP contribution in [0, 0.1) is 0 Å². The van der Waals surface area contributed by atoms with Crippen LogP contribution in [-0.2, 0) is 12.0 Å². The van der Waals surface area contributed by atoms with Gasteiger partial charge >= 0.3 is 0 Å². The van der Waals surface area contributed by atoms with Gasteiger partial charge < -0.3 is 10.6 Å². The largest absolute Gasteiger partial charge is 0.346 e. The summed E-state index contributed by atoms with van der Waals surface area (Å²) < 4.78 is 0. The summed E-state index contributed by atoms with van der Waals surface area (Å²) in [5, 5.41) is 5.81. The fourth-order valence-electron chi connectivity index (χ4n) is 2.99. The van der Waals surface area contributed by atoms with Gasteiger partial charge in [-0.3, -0.25) is 14.6 Å². The van der Waals surface area contributed by atoms with E-state index in [-0.39, 0.29) is 17.2 Å². The first kappa shape index (κ1) is 20.3. The first-order valence-electron chi connectivity index (χ1n) is 9.53. The molecule has 0 saturated carbocycles. The number of pyridine rings is 1. The van der Waals surface area contributed by atoms with Crippen molar-refractivity contribution in [3.8, 4) is 0 Å². The monoisotopic (exact) mass is 387 g/mol. The molecule has 1 aromatic heterocycles. The van der Waals surface area contributed by atoms with Crippen molar-refractivity contribution in [2.45, 2.75) is 32.7 Å². The third-order valence-electron chi connectivity index (χ3n) is 4.55. The molecular formula is C24H25N3O2. The van der Waals surface area contributed by atoms with Crippen LogP contribution in [0.25, 0.3) is 0 Å². The summed E-state index contributed by atoms with van der Waals surface area (Å²) in [4.78, 5) is 29.1. The third-order valence-corrected chi connectivity index (χ3v) is 4.55. The number of nitrogens with one attached hydrogen (secondary N) is 2. The van der Waals surface area contributed by atoms with E-state index in [9.17, 15) is 9.59 Å². The molecule has 0 radical (unpaired) electrons. The highest BCUT2D eigenvalue weighted by atomic mass is 16.2. The molecule has 29 heavy (non-hydrogen) atoms. The molecule has 0 atom stereocenters. The first-order valence-corrected chi connectivity index (χ1v) is 9.53. The zero-order valence-electron chi connectivity index (χ0n) is 16.9. The quantitative estimate of drug-likeness (QED) is 0.674. The van der Waals surface area contributed by atoms with Gasteiger partial charge in [-0.2, -0.15) is 0 Å². The minimum atomic E-state index is -0.208. The lowest BCUT2D eigenvalue weighted by atomic mass is 9.86. The molecule has 0 aliphatic carbocycles. The van der Waals surface area contributed by atoms with E-state index in [1.807, 2.05) is 42.5 Å². The van der Waals surface area contributed by atoms with Crippen molar-refractivity contribution in [1.82, 2.24) is 10.3 Å². The summed E-state index contributed by atoms with van der Waals surface area (Å²) in [6.07, 6.45) is 1.69. The molecule has 2 aromatic carbocycles. The van der Waals surface area contributed by atoms with Gasteiger partial charge in [0.15, 0.2) is 0 Å². The number of hydrogen-bond donors (Lipinski definition) is 2. The van der Waals surface area contributed by atoms with Crippen LogP contribution in [0.3, 0.4) is 0 Å². The number of anilines is 1. The maximum Gasteiger partial charge on any atom is 0.255 e. The molecule has 3 aromatic rings. The third kappa shape index (κ3) is 5.29. The molecule has 0 unspecified atom stereocenters. The van der Waals surface area contributed by atoms with Gasteiger partial charge in [0.25, 0.3) is 11.8 Å². The number of carbonyl (C=O) groups is 2. The number of nitrogens with zero attached hydrogens (tertiary/aromatic N) is 1. The molecule has 0 spiro atoms. The van der Waals surface area contributed by atoms with Gasteiger partial charge in [-0.15, -0.1) is 0 Å². The average Bonchev–Trinajstić information content (AvgIpc) is 2.72. The zero-order chi connectivity index (χ0) is 20.9. The standard InChI is InChI=1S/C24H25N3O2/c1-24(2,3)20-9-4-5-10-21(20)27-23(29)18-13-11-17(12-14-18)22(28)26-16-19-8-6-7-15-25-19/h4-15H,16H2,1-3H3,(H,26,28)(H,27,29). The van der Waals surface area contributed by atoms with Crippen LogP contribution in [0.4, 0.5) is 5.69 Å². The van der Waals surface area contributed by atoms with E-state index >= 15 is 0 Å². The molecule has 0 bridgehead atoms. The summed E-state index contributed by atoms with van der Waals surface area (Å²) >= 11 is 0. The minimum absolute atomic E-state index is 0.0839. The van der Waals surface area contributed by atoms with Crippen molar-refractivity contribution in [3.63, 3.8) is 0 Å². The number of carbonyl (C=O) groups excluding carboxylic acids is 2. The van der Waals surface area contributed by atoms with E-state index in [1.165, 1.54) is 0 Å². The van der Waals surface area contributed by atoms with Gasteiger partial charge in [-0.1, -0.05) is 45.0 Å². The van der Waals surface area contributed by atoms with Crippen LogP contribution in [0.15, 0.2) is 72.9 Å². The van der Waals surface area contributed by atoms with Crippen molar-refractivity contribution in [3.05, 3.63) is 95.3 Å². The predicted molar refractivity (Wildman–Crippen MR) is 115 cm³/mol. The molecule has 2 amide bonds. The maximum absolute atomic E-state index is 12.7. The van der Waals surface area contributed by atoms with Gasteiger partial charge in [0.2, 0.25) is 0 Å². The molecule has 0 fully saturated rings. The highest BCUT2D eigenvalue weighted by Crippen LogP contribution is 2.29. The van der Waals surface area contributed by atoms with E-state index < -0.39 is 0 Å². The molecule has 5 nitrogen and oxygen atoms in total. The summed E-state index contributed by atoms with van der Waals surface area (Å²) in [5.74, 6) is -0.414. The Balaban J connectivity index is 1.66. The highest BCUT2D eigenvalue weighted by Gasteiger charge is 2.19. The van der Waals surface area contributed by atoms with Gasteiger partial charge in [-0.05, 0) is 53.4 Å². The molecule has 0 aliphatic rings. The van der Waals surface area contributed by atoms with Crippen LogP contribution in [0.2, 0.25) is 0 Å². The number of para-hydroxylation sites is 1. The molecule has 0 saturated heterocycles. The minimum Gasteiger partial charge on any atom is -0.346 e. The first-order chi connectivity index (χ1) is 13.8. The molecule has 1 heterocycles. The van der Waals surface area contributed by atoms with Gasteiger partial charge in [-0.25, -0.2) is 0 Å². The summed E-state index contributed by atoms with van der Waals surface area (Å²) in [5.41, 5.74) is 3.55. The average molecular weight is 387 g/mol. The number of amides is 2. The number of benzene rings is 2. The van der Waals surface area contributed by atoms with Crippen LogP contribution >= 0.6 is 0 Å². The number of rotatable bonds is 5. The summed E-state index contributed by atoms with van der Waals surface area (Å²) in [6, 6.07) is 20.0. The van der Waals surface area contributed by atoms with Gasteiger partial charge in [0.1, 0.15) is 0 Å². The van der Waals surface area contributed by atoms with Crippen molar-refractivity contribution < 1.29 is 9.59 Å².